The molecule has 0 nitrogen and oxygen atoms in total. The maximum atomic E-state index is 2.37. The van der Waals surface area contributed by atoms with E-state index < -0.39 is 7.26 Å². The average molecular weight is 287 g/mol. The highest BCUT2D eigenvalue weighted by Crippen LogP contribution is 2.61. The molecule has 0 aliphatic carbocycles. The Morgan fingerprint density at radius 1 is 0.421 bits per heavy atom. The molecule has 0 atom stereocenters. The summed E-state index contributed by atoms with van der Waals surface area (Å²) in [5.74, 6) is 0. The minimum absolute atomic E-state index is 0.586. The molecule has 0 aliphatic heterocycles. The van der Waals surface area contributed by atoms with Crippen LogP contribution in [0.15, 0.2) is 0 Å². The second-order valence-electron chi connectivity index (χ2n) is 6.36. The summed E-state index contributed by atoms with van der Waals surface area (Å²) >= 11 is 0. The summed E-state index contributed by atoms with van der Waals surface area (Å²) in [6, 6.07) is 0. The van der Waals surface area contributed by atoms with Crippen LogP contribution in [0.25, 0.3) is 0 Å². The Morgan fingerprint density at radius 3 is 1.16 bits per heavy atom. The van der Waals surface area contributed by atoms with Crippen LogP contribution in [0.4, 0.5) is 0 Å². The molecule has 0 rings (SSSR count). The van der Waals surface area contributed by atoms with Crippen molar-refractivity contribution in [2.75, 3.05) is 24.6 Å². The molecule has 0 saturated heterocycles. The summed E-state index contributed by atoms with van der Waals surface area (Å²) < 4.78 is 0. The molecule has 1 heteroatoms. The van der Waals surface area contributed by atoms with Gasteiger partial charge in [0.15, 0.2) is 0 Å². The van der Waals surface area contributed by atoms with Crippen LogP contribution >= 0.6 is 7.26 Å². The maximum absolute atomic E-state index is 2.37. The van der Waals surface area contributed by atoms with E-state index in [4.69, 9.17) is 0 Å². The summed E-state index contributed by atoms with van der Waals surface area (Å²) in [5, 5.41) is 0. The average Bonchev–Trinajstić information content (AvgIpc) is 2.44. The van der Waals surface area contributed by atoms with Gasteiger partial charge in [-0.3, -0.25) is 0 Å². The molecule has 0 aliphatic rings. The van der Waals surface area contributed by atoms with Crippen LogP contribution in [0.2, 0.25) is 0 Å². The monoisotopic (exact) mass is 287 g/mol. The molecule has 0 aromatic carbocycles. The molecule has 0 aromatic rings. The van der Waals surface area contributed by atoms with Crippen LogP contribution in [-0.2, 0) is 0 Å². The van der Waals surface area contributed by atoms with Gasteiger partial charge in [-0.05, 0) is 32.1 Å². The van der Waals surface area contributed by atoms with Crippen molar-refractivity contribution in [1.29, 1.82) is 0 Å². The highest BCUT2D eigenvalue weighted by atomic mass is 31.2. The Labute approximate surface area is 124 Å². The van der Waals surface area contributed by atoms with Crippen molar-refractivity contribution in [3.05, 3.63) is 0 Å². The first-order chi connectivity index (χ1) is 9.24. The number of hydrogen-bond acceptors (Lipinski definition) is 0. The van der Waals surface area contributed by atoms with Gasteiger partial charge in [-0.1, -0.05) is 59.8 Å². The normalized spacial score (nSPS) is 12.0. The minimum Gasteiger partial charge on any atom is -0.0654 e. The zero-order valence-electron chi connectivity index (χ0n) is 14.3. The van der Waals surface area contributed by atoms with E-state index in [-0.39, 0.29) is 0 Å². The van der Waals surface area contributed by atoms with E-state index in [1.165, 1.54) is 64.2 Å². The molecule has 0 fully saturated rings. The van der Waals surface area contributed by atoms with Gasteiger partial charge in [0.25, 0.3) is 0 Å². The van der Waals surface area contributed by atoms with Crippen molar-refractivity contribution in [1.82, 2.24) is 0 Å². The molecule has 0 spiro atoms. The molecule has 19 heavy (non-hydrogen) atoms. The van der Waals surface area contributed by atoms with Crippen molar-refractivity contribution >= 4 is 7.26 Å². The van der Waals surface area contributed by atoms with Crippen LogP contribution in [0.5, 0.6) is 0 Å². The standard InChI is InChI=1S/C18H40P/c1-5-9-13-14-18-19(15-10-6-2,16-11-7-3)17-12-8-4/h5-18H2,1-4H3/q+1. The zero-order chi connectivity index (χ0) is 14.4. The van der Waals surface area contributed by atoms with Crippen molar-refractivity contribution in [2.45, 2.75) is 91.9 Å². The fourth-order valence-corrected chi connectivity index (χ4v) is 8.22. The SMILES string of the molecule is CCCCCC[P+](CCCC)(CCCC)CCCC. The summed E-state index contributed by atoms with van der Waals surface area (Å²) in [5.41, 5.74) is 0. The van der Waals surface area contributed by atoms with Gasteiger partial charge in [0.1, 0.15) is 0 Å². The van der Waals surface area contributed by atoms with Crippen LogP contribution in [0, 0.1) is 0 Å². The van der Waals surface area contributed by atoms with Gasteiger partial charge >= 0.3 is 0 Å². The predicted octanol–water partition coefficient (Wildman–Crippen LogP) is 6.98. The minimum atomic E-state index is -0.586. The largest absolute Gasteiger partial charge is 0.0654 e. The lowest BCUT2D eigenvalue weighted by Gasteiger charge is -2.28. The second-order valence-corrected chi connectivity index (χ2v) is 10.8. The lowest BCUT2D eigenvalue weighted by Crippen LogP contribution is -2.12. The molecule has 0 amide bonds. The highest BCUT2D eigenvalue weighted by Gasteiger charge is 2.34. The Morgan fingerprint density at radius 2 is 0.789 bits per heavy atom. The van der Waals surface area contributed by atoms with Gasteiger partial charge in [0, 0.05) is 7.26 Å². The van der Waals surface area contributed by atoms with Gasteiger partial charge in [0.05, 0.1) is 24.6 Å². The van der Waals surface area contributed by atoms with Crippen LogP contribution < -0.4 is 0 Å². The van der Waals surface area contributed by atoms with Gasteiger partial charge in [-0.2, -0.15) is 0 Å². The van der Waals surface area contributed by atoms with E-state index in [0.717, 1.165) is 0 Å². The highest BCUT2D eigenvalue weighted by molar-refractivity contribution is 7.75. The first-order valence-electron chi connectivity index (χ1n) is 9.09. The fraction of sp³-hybridized carbons (Fsp3) is 1.00. The first kappa shape index (κ1) is 19.4. The van der Waals surface area contributed by atoms with Crippen molar-refractivity contribution in [3.63, 3.8) is 0 Å². The van der Waals surface area contributed by atoms with E-state index in [2.05, 4.69) is 27.7 Å². The van der Waals surface area contributed by atoms with Gasteiger partial charge in [-0.15, -0.1) is 0 Å². The Kier molecular flexibility index (Phi) is 13.7. The van der Waals surface area contributed by atoms with Crippen molar-refractivity contribution in [2.24, 2.45) is 0 Å². The van der Waals surface area contributed by atoms with E-state index in [9.17, 15) is 0 Å². The molecule has 0 bridgehead atoms. The maximum Gasteiger partial charge on any atom is 0.0594 e. The molecule has 0 heterocycles. The smallest absolute Gasteiger partial charge is 0.0594 e. The third kappa shape index (κ3) is 9.89. The number of hydrogen-bond donors (Lipinski definition) is 0. The second kappa shape index (κ2) is 13.4. The van der Waals surface area contributed by atoms with Crippen LogP contribution in [0.1, 0.15) is 91.9 Å². The molecule has 0 saturated carbocycles. The summed E-state index contributed by atoms with van der Waals surface area (Å²) in [4.78, 5) is 0. The Balaban J connectivity index is 4.38. The molecule has 0 N–H and O–H groups in total. The van der Waals surface area contributed by atoms with Gasteiger partial charge < -0.3 is 0 Å². The zero-order valence-corrected chi connectivity index (χ0v) is 15.2. The molecule has 0 radical (unpaired) electrons. The molecular weight excluding hydrogens is 247 g/mol. The van der Waals surface area contributed by atoms with Gasteiger partial charge in [-0.25, -0.2) is 0 Å². The molecular formula is C18H40P+. The lowest BCUT2D eigenvalue weighted by atomic mass is 10.2. The van der Waals surface area contributed by atoms with Crippen molar-refractivity contribution in [3.8, 4) is 0 Å². The lowest BCUT2D eigenvalue weighted by molar-refractivity contribution is 0.699. The topological polar surface area (TPSA) is 0 Å². The van der Waals surface area contributed by atoms with E-state index in [1.807, 2.05) is 0 Å². The predicted molar refractivity (Wildman–Crippen MR) is 95.3 cm³/mol. The molecule has 116 valence electrons. The summed E-state index contributed by atoms with van der Waals surface area (Å²) in [7, 11) is -0.586. The number of rotatable bonds is 14. The van der Waals surface area contributed by atoms with E-state index >= 15 is 0 Å². The van der Waals surface area contributed by atoms with E-state index in [1.54, 1.807) is 24.6 Å². The Hall–Kier alpha value is 0.430. The van der Waals surface area contributed by atoms with E-state index in [0.29, 0.717) is 0 Å². The van der Waals surface area contributed by atoms with Crippen LogP contribution in [0.3, 0.4) is 0 Å². The molecule has 0 aromatic heterocycles. The quantitative estimate of drug-likeness (QED) is 0.239. The third-order valence-electron chi connectivity index (χ3n) is 4.44. The first-order valence-corrected chi connectivity index (χ1v) is 11.6. The fourth-order valence-electron chi connectivity index (χ4n) is 3.03. The third-order valence-corrected chi connectivity index (χ3v) is 9.50. The Bertz CT molecular complexity index is 155. The molecule has 0 unspecified atom stereocenters. The van der Waals surface area contributed by atoms with Crippen LogP contribution in [-0.4, -0.2) is 24.6 Å². The number of unbranched alkanes of at least 4 members (excludes halogenated alkanes) is 6. The van der Waals surface area contributed by atoms with Crippen molar-refractivity contribution < 1.29 is 0 Å². The summed E-state index contributed by atoms with van der Waals surface area (Å²) in [6.45, 7) is 9.43. The summed E-state index contributed by atoms with van der Waals surface area (Å²) in [6.07, 6.45) is 21.0. The van der Waals surface area contributed by atoms with Gasteiger partial charge in [0.2, 0.25) is 0 Å².